The molecule has 7 nitrogen and oxygen atoms in total. The van der Waals surface area contributed by atoms with Gasteiger partial charge in [-0.1, -0.05) is 42.5 Å². The van der Waals surface area contributed by atoms with Crippen molar-refractivity contribution >= 4 is 38.3 Å². The number of rotatable bonds is 8. The van der Waals surface area contributed by atoms with Crippen LogP contribution < -0.4 is 9.62 Å². The van der Waals surface area contributed by atoms with Gasteiger partial charge in [0.2, 0.25) is 11.8 Å². The second kappa shape index (κ2) is 10.1. The summed E-state index contributed by atoms with van der Waals surface area (Å²) in [4.78, 5) is 27.9. The molecule has 196 valence electrons. The van der Waals surface area contributed by atoms with Crippen LogP contribution >= 0.6 is 0 Å². The van der Waals surface area contributed by atoms with Crippen LogP contribution in [0.5, 0.6) is 0 Å². The molecule has 0 saturated heterocycles. The van der Waals surface area contributed by atoms with Crippen molar-refractivity contribution in [2.45, 2.75) is 63.6 Å². The fourth-order valence-corrected chi connectivity index (χ4v) is 6.33. The van der Waals surface area contributed by atoms with Gasteiger partial charge in [0.15, 0.2) is 0 Å². The zero-order chi connectivity index (χ0) is 27.0. The average Bonchev–Trinajstić information content (AvgIpc) is 3.05. The number of sulfonamides is 1. The second-order valence-electron chi connectivity index (χ2n) is 10.3. The molecule has 0 saturated carbocycles. The van der Waals surface area contributed by atoms with Gasteiger partial charge >= 0.3 is 0 Å². The number of halogens is 1. The summed E-state index contributed by atoms with van der Waals surface area (Å²) in [5.74, 6) is -1.16. The predicted octanol–water partition coefficient (Wildman–Crippen LogP) is 4.60. The van der Waals surface area contributed by atoms with Crippen molar-refractivity contribution in [3.63, 3.8) is 0 Å². The number of carbonyl (C=O) groups is 2. The van der Waals surface area contributed by atoms with E-state index in [2.05, 4.69) is 5.32 Å². The highest BCUT2D eigenvalue weighted by molar-refractivity contribution is 7.93. The first-order valence-electron chi connectivity index (χ1n) is 12.3. The van der Waals surface area contributed by atoms with E-state index in [0.29, 0.717) is 16.6 Å². The number of hydrogen-bond acceptors (Lipinski definition) is 4. The molecule has 1 aliphatic heterocycles. The summed E-state index contributed by atoms with van der Waals surface area (Å²) in [5, 5.41) is 4.40. The SMILES string of the molecule is CC(C(=O)NC(C)(C)C)N(Cc1ccccc1F)C(=O)CCCN1c2cccc3cccc(c23)S1(=O)=O. The third kappa shape index (κ3) is 5.46. The highest BCUT2D eigenvalue weighted by Crippen LogP contribution is 2.42. The molecule has 0 fully saturated rings. The van der Waals surface area contributed by atoms with Gasteiger partial charge in [-0.05, 0) is 57.7 Å². The molecule has 2 amide bonds. The Morgan fingerprint density at radius 3 is 2.38 bits per heavy atom. The van der Waals surface area contributed by atoms with E-state index in [1.807, 2.05) is 39.0 Å². The summed E-state index contributed by atoms with van der Waals surface area (Å²) in [6.07, 6.45) is 0.240. The van der Waals surface area contributed by atoms with Crippen LogP contribution in [0.25, 0.3) is 10.8 Å². The van der Waals surface area contributed by atoms with Crippen LogP contribution in [0, 0.1) is 5.82 Å². The topological polar surface area (TPSA) is 86.8 Å². The summed E-state index contributed by atoms with van der Waals surface area (Å²) in [6, 6.07) is 15.9. The summed E-state index contributed by atoms with van der Waals surface area (Å²) in [6.45, 7) is 7.18. The molecule has 9 heteroatoms. The van der Waals surface area contributed by atoms with Crippen molar-refractivity contribution < 1.29 is 22.4 Å². The minimum absolute atomic E-state index is 0.0000673. The standard InChI is InChI=1S/C28H32FN3O4S/c1-19(27(34)30-28(2,3)4)31(18-21-10-5-6-13-22(21)29)25(33)16-9-17-32-23-14-7-11-20-12-8-15-24(26(20)23)37(32,35)36/h5-8,10-15,19H,9,16-18H2,1-4H3,(H,30,34). The van der Waals surface area contributed by atoms with E-state index in [0.717, 1.165) is 5.39 Å². The number of nitrogens with one attached hydrogen (secondary N) is 1. The molecule has 4 rings (SSSR count). The number of carbonyl (C=O) groups excluding carboxylic acids is 2. The maximum Gasteiger partial charge on any atom is 0.265 e. The van der Waals surface area contributed by atoms with Gasteiger partial charge in [-0.25, -0.2) is 12.8 Å². The number of amides is 2. The van der Waals surface area contributed by atoms with Gasteiger partial charge in [-0.3, -0.25) is 13.9 Å². The molecule has 1 heterocycles. The zero-order valence-electron chi connectivity index (χ0n) is 21.5. The van der Waals surface area contributed by atoms with E-state index in [9.17, 15) is 22.4 Å². The van der Waals surface area contributed by atoms with E-state index in [4.69, 9.17) is 0 Å². The fourth-order valence-electron chi connectivity index (χ4n) is 4.58. The van der Waals surface area contributed by atoms with Crippen LogP contribution in [0.3, 0.4) is 0 Å². The van der Waals surface area contributed by atoms with Crippen molar-refractivity contribution in [3.8, 4) is 0 Å². The lowest BCUT2D eigenvalue weighted by molar-refractivity contribution is -0.141. The van der Waals surface area contributed by atoms with Gasteiger partial charge in [0.05, 0.1) is 10.6 Å². The Labute approximate surface area is 217 Å². The molecule has 3 aromatic carbocycles. The van der Waals surface area contributed by atoms with E-state index < -0.39 is 27.4 Å². The van der Waals surface area contributed by atoms with Crippen LogP contribution in [-0.4, -0.2) is 43.3 Å². The third-order valence-electron chi connectivity index (χ3n) is 6.40. The fraction of sp³-hybridized carbons (Fsp3) is 0.357. The Kier molecular flexibility index (Phi) is 7.28. The molecule has 1 N–H and O–H groups in total. The maximum atomic E-state index is 14.4. The van der Waals surface area contributed by atoms with Gasteiger partial charge in [0, 0.05) is 36.0 Å². The smallest absolute Gasteiger partial charge is 0.265 e. The van der Waals surface area contributed by atoms with E-state index in [-0.39, 0.29) is 42.6 Å². The van der Waals surface area contributed by atoms with Gasteiger partial charge in [0.25, 0.3) is 10.0 Å². The monoisotopic (exact) mass is 525 g/mol. The number of anilines is 1. The van der Waals surface area contributed by atoms with Gasteiger partial charge in [0.1, 0.15) is 11.9 Å². The maximum absolute atomic E-state index is 14.4. The van der Waals surface area contributed by atoms with Crippen molar-refractivity contribution in [2.24, 2.45) is 0 Å². The lowest BCUT2D eigenvalue weighted by atomic mass is 10.1. The molecule has 1 unspecified atom stereocenters. The first-order valence-corrected chi connectivity index (χ1v) is 13.7. The van der Waals surface area contributed by atoms with Crippen LogP contribution in [0.4, 0.5) is 10.1 Å². The quantitative estimate of drug-likeness (QED) is 0.466. The molecule has 0 bridgehead atoms. The van der Waals surface area contributed by atoms with Crippen LogP contribution in [0.2, 0.25) is 0 Å². The Balaban J connectivity index is 1.51. The van der Waals surface area contributed by atoms with Crippen LogP contribution in [-0.2, 0) is 26.2 Å². The zero-order valence-corrected chi connectivity index (χ0v) is 22.3. The molecule has 0 radical (unpaired) electrons. The molecule has 37 heavy (non-hydrogen) atoms. The normalized spacial score (nSPS) is 15.0. The van der Waals surface area contributed by atoms with Crippen LogP contribution in [0.15, 0.2) is 65.6 Å². The Bertz CT molecular complexity index is 1440. The number of nitrogens with zero attached hydrogens (tertiary/aromatic N) is 2. The molecule has 0 aliphatic carbocycles. The number of benzene rings is 3. The van der Waals surface area contributed by atoms with Gasteiger partial charge < -0.3 is 10.2 Å². The minimum atomic E-state index is -3.73. The molecule has 1 atom stereocenters. The first-order chi connectivity index (χ1) is 17.4. The second-order valence-corrected chi connectivity index (χ2v) is 12.2. The summed E-state index contributed by atoms with van der Waals surface area (Å²) < 4.78 is 42.2. The lowest BCUT2D eigenvalue weighted by Crippen LogP contribution is -2.52. The largest absolute Gasteiger partial charge is 0.350 e. The summed E-state index contributed by atoms with van der Waals surface area (Å²) in [7, 11) is -3.73. The van der Waals surface area contributed by atoms with E-state index in [1.165, 1.54) is 15.3 Å². The average molecular weight is 526 g/mol. The summed E-state index contributed by atoms with van der Waals surface area (Å²) >= 11 is 0. The molecular weight excluding hydrogens is 493 g/mol. The summed E-state index contributed by atoms with van der Waals surface area (Å²) in [5.41, 5.74) is 0.398. The third-order valence-corrected chi connectivity index (χ3v) is 8.25. The molecular formula is C28H32FN3O4S. The Hall–Kier alpha value is -3.46. The van der Waals surface area contributed by atoms with Crippen molar-refractivity contribution in [1.29, 1.82) is 0 Å². The Morgan fingerprint density at radius 1 is 1.03 bits per heavy atom. The van der Waals surface area contributed by atoms with Crippen molar-refractivity contribution in [3.05, 3.63) is 72.0 Å². The minimum Gasteiger partial charge on any atom is -0.350 e. The predicted molar refractivity (Wildman–Crippen MR) is 142 cm³/mol. The van der Waals surface area contributed by atoms with E-state index in [1.54, 1.807) is 43.3 Å². The van der Waals surface area contributed by atoms with Gasteiger partial charge in [-0.15, -0.1) is 0 Å². The number of hydrogen-bond donors (Lipinski definition) is 1. The Morgan fingerprint density at radius 2 is 1.70 bits per heavy atom. The van der Waals surface area contributed by atoms with E-state index >= 15 is 0 Å². The first kappa shape index (κ1) is 26.6. The highest BCUT2D eigenvalue weighted by Gasteiger charge is 2.35. The molecule has 1 aliphatic rings. The highest BCUT2D eigenvalue weighted by atomic mass is 32.2. The molecule has 3 aromatic rings. The van der Waals surface area contributed by atoms with Crippen LogP contribution in [0.1, 0.15) is 46.1 Å². The van der Waals surface area contributed by atoms with Crippen molar-refractivity contribution in [2.75, 3.05) is 10.8 Å². The molecule has 0 spiro atoms. The van der Waals surface area contributed by atoms with Crippen molar-refractivity contribution in [1.82, 2.24) is 10.2 Å². The van der Waals surface area contributed by atoms with Gasteiger partial charge in [-0.2, -0.15) is 0 Å². The lowest BCUT2D eigenvalue weighted by Gasteiger charge is -2.31. The molecule has 0 aromatic heterocycles.